The lowest BCUT2D eigenvalue weighted by molar-refractivity contribution is 0.0747. The third kappa shape index (κ3) is 4.91. The molecule has 0 spiro atoms. The summed E-state index contributed by atoms with van der Waals surface area (Å²) >= 11 is 0. The van der Waals surface area contributed by atoms with Gasteiger partial charge in [-0.2, -0.15) is 0 Å². The van der Waals surface area contributed by atoms with Crippen LogP contribution in [0.25, 0.3) is 10.9 Å². The highest BCUT2D eigenvalue weighted by molar-refractivity contribution is 7.90. The van der Waals surface area contributed by atoms with Gasteiger partial charge in [-0.05, 0) is 54.4 Å². The first-order valence-corrected chi connectivity index (χ1v) is 13.3. The zero-order valence-corrected chi connectivity index (χ0v) is 20.4. The Morgan fingerprint density at radius 1 is 0.886 bits per heavy atom. The van der Waals surface area contributed by atoms with Crippen molar-refractivity contribution in [2.75, 3.05) is 31.1 Å². The van der Waals surface area contributed by atoms with Gasteiger partial charge in [0.2, 0.25) is 0 Å². The summed E-state index contributed by atoms with van der Waals surface area (Å²) < 4.78 is 26.3. The number of hydrogen-bond acceptors (Lipinski definition) is 5. The van der Waals surface area contributed by atoms with Gasteiger partial charge >= 0.3 is 0 Å². The van der Waals surface area contributed by atoms with Gasteiger partial charge in [-0.15, -0.1) is 0 Å². The Bertz CT molecular complexity index is 1470. The van der Waals surface area contributed by atoms with Crippen LogP contribution in [0.1, 0.15) is 21.5 Å². The van der Waals surface area contributed by atoms with Gasteiger partial charge in [-0.25, -0.2) is 8.42 Å². The number of carbonyl (C=O) groups is 1. The van der Waals surface area contributed by atoms with Crippen molar-refractivity contribution in [1.29, 1.82) is 0 Å². The first-order valence-electron chi connectivity index (χ1n) is 11.7. The summed E-state index contributed by atoms with van der Waals surface area (Å²) in [7, 11) is -3.59. The molecule has 6 nitrogen and oxygen atoms in total. The molecule has 1 saturated heterocycles. The summed E-state index contributed by atoms with van der Waals surface area (Å²) in [6, 6.07) is 24.1. The molecule has 0 N–H and O–H groups in total. The molecule has 1 aliphatic heterocycles. The molecule has 7 heteroatoms. The maximum Gasteiger partial charge on any atom is 0.253 e. The van der Waals surface area contributed by atoms with E-state index >= 15 is 0 Å². The maximum atomic E-state index is 13.1. The fraction of sp³-hybridized carbons (Fsp3) is 0.214. The highest BCUT2D eigenvalue weighted by atomic mass is 32.2. The molecule has 5 rings (SSSR count). The average Bonchev–Trinajstić information content (AvgIpc) is 2.88. The minimum absolute atomic E-state index is 0.0263. The molecular formula is C28H27N3O3S. The second kappa shape index (κ2) is 9.50. The number of aryl methyl sites for hydroxylation is 1. The first-order chi connectivity index (χ1) is 16.9. The zero-order chi connectivity index (χ0) is 24.4. The molecule has 0 radical (unpaired) electrons. The number of nitrogens with zero attached hydrogens (tertiary/aromatic N) is 3. The smallest absolute Gasteiger partial charge is 0.253 e. The fourth-order valence-corrected chi connectivity index (χ4v) is 6.08. The summed E-state index contributed by atoms with van der Waals surface area (Å²) in [5, 5.41) is 0.789. The zero-order valence-electron chi connectivity index (χ0n) is 19.6. The standard InChI is InChI=1S/C28H27N3O3S/c1-21-5-2-8-25(19-21)30-15-17-31(18-16-30)28(32)24-12-10-22(11-13-24)20-35(33,34)26-9-3-6-23-7-4-14-29-27(23)26/h2-14,19H,15-18,20H2,1H3. The van der Waals surface area contributed by atoms with Gasteiger partial charge in [0.05, 0.1) is 16.2 Å². The Kier molecular flexibility index (Phi) is 6.26. The fourth-order valence-electron chi connectivity index (χ4n) is 4.54. The number of fused-ring (bicyclic) bond motifs is 1. The normalized spacial score (nSPS) is 14.3. The predicted molar refractivity (Wildman–Crippen MR) is 138 cm³/mol. The molecular weight excluding hydrogens is 458 g/mol. The van der Waals surface area contributed by atoms with Crippen molar-refractivity contribution in [2.45, 2.75) is 17.6 Å². The average molecular weight is 486 g/mol. The summed E-state index contributed by atoms with van der Waals surface area (Å²) in [6.07, 6.45) is 1.60. The number of aromatic nitrogens is 1. The number of piperazine rings is 1. The lowest BCUT2D eigenvalue weighted by Gasteiger charge is -2.36. The lowest BCUT2D eigenvalue weighted by atomic mass is 10.1. The lowest BCUT2D eigenvalue weighted by Crippen LogP contribution is -2.48. The molecule has 4 aromatic rings. The number of pyridine rings is 1. The maximum absolute atomic E-state index is 13.1. The summed E-state index contributed by atoms with van der Waals surface area (Å²) in [5.41, 5.74) is 4.09. The Morgan fingerprint density at radius 2 is 1.60 bits per heavy atom. The van der Waals surface area contributed by atoms with Gasteiger partial charge < -0.3 is 9.80 Å². The van der Waals surface area contributed by atoms with Crippen LogP contribution in [0.4, 0.5) is 5.69 Å². The van der Waals surface area contributed by atoms with E-state index < -0.39 is 9.84 Å². The van der Waals surface area contributed by atoms with E-state index in [0.717, 1.165) is 18.5 Å². The highest BCUT2D eigenvalue weighted by Gasteiger charge is 2.23. The third-order valence-corrected chi connectivity index (χ3v) is 8.13. The van der Waals surface area contributed by atoms with Gasteiger partial charge in [-0.1, -0.05) is 42.5 Å². The molecule has 0 bridgehead atoms. The van der Waals surface area contributed by atoms with E-state index in [1.165, 1.54) is 11.3 Å². The van der Waals surface area contributed by atoms with Crippen molar-refractivity contribution in [3.05, 3.63) is 102 Å². The van der Waals surface area contributed by atoms with E-state index in [1.54, 1.807) is 48.7 Å². The number of para-hydroxylation sites is 1. The number of carbonyl (C=O) groups excluding carboxylic acids is 1. The van der Waals surface area contributed by atoms with Crippen molar-refractivity contribution >= 4 is 32.3 Å². The number of rotatable bonds is 5. The number of amides is 1. The molecule has 1 aliphatic rings. The molecule has 0 saturated carbocycles. The Hall–Kier alpha value is -3.71. The first kappa shape index (κ1) is 23.1. The van der Waals surface area contributed by atoms with E-state index in [0.29, 0.717) is 29.7 Å². The summed E-state index contributed by atoms with van der Waals surface area (Å²) in [4.78, 5) is 21.7. The van der Waals surface area contributed by atoms with Crippen LogP contribution in [-0.2, 0) is 15.6 Å². The molecule has 0 unspecified atom stereocenters. The Morgan fingerprint density at radius 3 is 2.34 bits per heavy atom. The van der Waals surface area contributed by atoms with E-state index in [4.69, 9.17) is 0 Å². The van der Waals surface area contributed by atoms with Crippen molar-refractivity contribution in [2.24, 2.45) is 0 Å². The largest absolute Gasteiger partial charge is 0.368 e. The second-order valence-corrected chi connectivity index (χ2v) is 10.9. The quantitative estimate of drug-likeness (QED) is 0.417. The predicted octanol–water partition coefficient (Wildman–Crippen LogP) is 4.48. The topological polar surface area (TPSA) is 70.6 Å². The Balaban J connectivity index is 1.25. The number of anilines is 1. The van der Waals surface area contributed by atoms with Crippen LogP contribution in [0.15, 0.2) is 90.0 Å². The minimum atomic E-state index is -3.59. The molecule has 2 heterocycles. The van der Waals surface area contributed by atoms with Gasteiger partial charge in [0, 0.05) is 49.0 Å². The number of hydrogen-bond donors (Lipinski definition) is 0. The summed E-state index contributed by atoms with van der Waals surface area (Å²) in [5.74, 6) is -0.173. The van der Waals surface area contributed by atoms with Crippen LogP contribution in [0.5, 0.6) is 0 Å². The van der Waals surface area contributed by atoms with Gasteiger partial charge in [0.25, 0.3) is 5.91 Å². The molecule has 1 aromatic heterocycles. The van der Waals surface area contributed by atoms with E-state index in [9.17, 15) is 13.2 Å². The van der Waals surface area contributed by atoms with Crippen LogP contribution in [0.2, 0.25) is 0 Å². The van der Waals surface area contributed by atoms with Crippen molar-refractivity contribution in [3.63, 3.8) is 0 Å². The van der Waals surface area contributed by atoms with Gasteiger partial charge in [0.1, 0.15) is 0 Å². The SMILES string of the molecule is Cc1cccc(N2CCN(C(=O)c3ccc(CS(=O)(=O)c4cccc5cccnc45)cc3)CC2)c1. The molecule has 178 valence electrons. The van der Waals surface area contributed by atoms with E-state index in [2.05, 4.69) is 41.1 Å². The molecule has 0 aliphatic carbocycles. The van der Waals surface area contributed by atoms with Crippen LogP contribution in [0.3, 0.4) is 0 Å². The van der Waals surface area contributed by atoms with Crippen LogP contribution >= 0.6 is 0 Å². The minimum Gasteiger partial charge on any atom is -0.368 e. The third-order valence-electron chi connectivity index (χ3n) is 6.42. The Labute approximate surface area is 205 Å². The van der Waals surface area contributed by atoms with Crippen molar-refractivity contribution in [3.8, 4) is 0 Å². The number of benzene rings is 3. The van der Waals surface area contributed by atoms with Gasteiger partial charge in [0.15, 0.2) is 9.84 Å². The number of sulfone groups is 1. The monoisotopic (exact) mass is 485 g/mol. The second-order valence-electron chi connectivity index (χ2n) is 8.91. The van der Waals surface area contributed by atoms with Crippen LogP contribution in [-0.4, -0.2) is 50.4 Å². The summed E-state index contributed by atoms with van der Waals surface area (Å²) in [6.45, 7) is 4.94. The molecule has 1 fully saturated rings. The molecule has 0 atom stereocenters. The molecule has 35 heavy (non-hydrogen) atoms. The van der Waals surface area contributed by atoms with Crippen LogP contribution < -0.4 is 4.90 Å². The van der Waals surface area contributed by atoms with Crippen LogP contribution in [0, 0.1) is 6.92 Å². The molecule has 1 amide bonds. The van der Waals surface area contributed by atoms with E-state index in [1.807, 2.05) is 17.0 Å². The van der Waals surface area contributed by atoms with Crippen molar-refractivity contribution < 1.29 is 13.2 Å². The van der Waals surface area contributed by atoms with Gasteiger partial charge in [-0.3, -0.25) is 9.78 Å². The van der Waals surface area contributed by atoms with Crippen molar-refractivity contribution in [1.82, 2.24) is 9.88 Å². The highest BCUT2D eigenvalue weighted by Crippen LogP contribution is 2.25. The van der Waals surface area contributed by atoms with E-state index in [-0.39, 0.29) is 16.6 Å². The molecule has 3 aromatic carbocycles.